The number of guanidine groups is 1. The number of amides is 11. The van der Waals surface area contributed by atoms with E-state index in [1.54, 1.807) is 13.8 Å². The van der Waals surface area contributed by atoms with E-state index in [0.717, 1.165) is 21.6 Å². The maximum atomic E-state index is 14.5. The number of aliphatic imine (C=N–C) groups is 1. The van der Waals surface area contributed by atoms with Crippen LogP contribution >= 0.6 is 21.6 Å². The second kappa shape index (κ2) is 28.7. The summed E-state index contributed by atoms with van der Waals surface area (Å²) in [6.45, 7) is 2.75. The molecular formula is C42H65N15O12S2. The fraction of sp³-hybridized carbons (Fsp3) is 0.571. The van der Waals surface area contributed by atoms with E-state index in [4.69, 9.17) is 34.4 Å². The van der Waals surface area contributed by atoms with Crippen LogP contribution in [0.2, 0.25) is 0 Å². The van der Waals surface area contributed by atoms with Crippen LogP contribution in [0.15, 0.2) is 29.3 Å². The molecule has 1 aromatic carbocycles. The van der Waals surface area contributed by atoms with Crippen molar-refractivity contribution in [2.24, 2.45) is 45.3 Å². The van der Waals surface area contributed by atoms with Gasteiger partial charge >= 0.3 is 0 Å². The van der Waals surface area contributed by atoms with E-state index in [9.17, 15) is 57.8 Å². The minimum atomic E-state index is -1.78. The molecule has 27 nitrogen and oxygen atoms in total. The Bertz CT molecular complexity index is 2150. The molecule has 11 amide bonds. The molecule has 0 spiro atoms. The summed E-state index contributed by atoms with van der Waals surface area (Å²) in [5.41, 5.74) is 33.7. The SMILES string of the molecule is CC(C)[C@@H]1NC(=O)[C@H](Cc2ccc(O)cc2)NC(=O)[C@@H](N)CSSC[C@@H](C(=O)N2CCC[C@H]2C(=O)N[C@@H](CCCN=C(N)N)C(=O)NCC(N)=O)NC(=O)[C@H](CC(N)=O)NC(=O)[C@H](CCC(N)=O)NC1=O. The minimum Gasteiger partial charge on any atom is -0.508 e. The standard InChI is InChI=1S/C42H65N15O12S2/c1-20(2)33-40(68)52-25(11-12-30(44)59)36(64)54-27(16-31(45)60)37(65)55-28(19-71-70-18-23(43)34(62)53-26(38(66)56-33)15-21-7-9-22(58)10-8-21)41(69)57-14-4-6-29(57)39(67)51-24(5-3-13-49-42(47)48)35(63)50-17-32(46)61/h7-10,20,23-29,33,58H,3-6,11-19,43H2,1-2H3,(H2,44,59)(H2,45,60)(H2,46,61)(H,50,63)(H,51,67)(H,52,68)(H,53,62)(H,54,64)(H,55,65)(H,56,66)(H4,47,48,49)/t23-,24-,25-,26-,27-,28-,29-,33-/m0/s1. The zero-order valence-corrected chi connectivity index (χ0v) is 40.9. The van der Waals surface area contributed by atoms with Gasteiger partial charge < -0.3 is 81.6 Å². The summed E-state index contributed by atoms with van der Waals surface area (Å²) in [4.78, 5) is 152. The number of aromatic hydroxyl groups is 1. The van der Waals surface area contributed by atoms with Gasteiger partial charge in [-0.05, 0) is 55.7 Å². The van der Waals surface area contributed by atoms with Crippen molar-refractivity contribution in [3.8, 4) is 5.75 Å². The second-order valence-corrected chi connectivity index (χ2v) is 19.6. The molecule has 0 aromatic heterocycles. The van der Waals surface area contributed by atoms with Crippen LogP contribution in [-0.4, -0.2) is 160 Å². The van der Waals surface area contributed by atoms with Crippen molar-refractivity contribution >= 4 is 92.5 Å². The van der Waals surface area contributed by atoms with Crippen LogP contribution in [-0.2, 0) is 59.2 Å². The van der Waals surface area contributed by atoms with Crippen LogP contribution in [0.4, 0.5) is 0 Å². The van der Waals surface area contributed by atoms with Crippen LogP contribution in [0.1, 0.15) is 64.4 Å². The van der Waals surface area contributed by atoms with Gasteiger partial charge in [-0.2, -0.15) is 0 Å². The number of nitrogens with one attached hydrogen (secondary N) is 7. The summed E-state index contributed by atoms with van der Waals surface area (Å²) >= 11 is 0. The van der Waals surface area contributed by atoms with Crippen molar-refractivity contribution in [2.75, 3.05) is 31.1 Å². The summed E-state index contributed by atoms with van der Waals surface area (Å²) in [6.07, 6.45) is -1.15. The second-order valence-electron chi connectivity index (χ2n) is 17.1. The topological polar surface area (TPSA) is 464 Å². The highest BCUT2D eigenvalue weighted by Gasteiger charge is 2.41. The number of carbonyl (C=O) groups excluding carboxylic acids is 11. The first-order valence-electron chi connectivity index (χ1n) is 22.6. The highest BCUT2D eigenvalue weighted by molar-refractivity contribution is 8.76. The number of phenols is 1. The first-order chi connectivity index (χ1) is 33.5. The number of hydrogen-bond acceptors (Lipinski definition) is 16. The lowest BCUT2D eigenvalue weighted by Crippen LogP contribution is -2.61. The Kier molecular flexibility index (Phi) is 23.6. The van der Waals surface area contributed by atoms with E-state index in [0.29, 0.717) is 12.0 Å². The Labute approximate surface area is 416 Å². The Hall–Kier alpha value is -6.88. The summed E-state index contributed by atoms with van der Waals surface area (Å²) in [5.74, 6) is -11.0. The molecule has 392 valence electrons. The molecule has 29 heteroatoms. The zero-order valence-electron chi connectivity index (χ0n) is 39.3. The van der Waals surface area contributed by atoms with E-state index in [-0.39, 0.29) is 62.0 Å². The van der Waals surface area contributed by atoms with Gasteiger partial charge in [-0.25, -0.2) is 0 Å². The molecule has 20 N–H and O–H groups in total. The van der Waals surface area contributed by atoms with Crippen molar-refractivity contribution < 1.29 is 57.8 Å². The van der Waals surface area contributed by atoms with Gasteiger partial charge in [0.2, 0.25) is 65.0 Å². The van der Waals surface area contributed by atoms with Crippen molar-refractivity contribution in [1.29, 1.82) is 0 Å². The van der Waals surface area contributed by atoms with E-state index in [1.165, 1.54) is 29.2 Å². The number of primary amides is 3. The van der Waals surface area contributed by atoms with Gasteiger partial charge in [0, 0.05) is 37.4 Å². The highest BCUT2D eigenvalue weighted by atomic mass is 33.1. The van der Waals surface area contributed by atoms with Crippen molar-refractivity contribution in [3.05, 3.63) is 29.8 Å². The van der Waals surface area contributed by atoms with Crippen LogP contribution in [0, 0.1) is 5.92 Å². The normalized spacial score (nSPS) is 23.4. The Morgan fingerprint density at radius 1 is 0.789 bits per heavy atom. The van der Waals surface area contributed by atoms with E-state index < -0.39 is 145 Å². The molecule has 0 bridgehead atoms. The third-order valence-corrected chi connectivity index (χ3v) is 13.4. The van der Waals surface area contributed by atoms with Gasteiger partial charge in [0.15, 0.2) is 5.96 Å². The number of benzene rings is 1. The molecule has 0 aliphatic carbocycles. The summed E-state index contributed by atoms with van der Waals surface area (Å²) in [5, 5.41) is 27.4. The van der Waals surface area contributed by atoms with Crippen LogP contribution in [0.5, 0.6) is 5.75 Å². The average molecular weight is 1040 g/mol. The number of nitrogens with zero attached hydrogens (tertiary/aromatic N) is 2. The molecule has 2 aliphatic rings. The molecular weight excluding hydrogens is 971 g/mol. The van der Waals surface area contributed by atoms with Crippen molar-refractivity contribution in [2.45, 2.75) is 114 Å². The molecule has 2 fully saturated rings. The number of nitrogens with two attached hydrogens (primary N) is 6. The fourth-order valence-corrected chi connectivity index (χ4v) is 9.52. The monoisotopic (exact) mass is 1040 g/mol. The quantitative estimate of drug-likeness (QED) is 0.0282. The molecule has 2 heterocycles. The largest absolute Gasteiger partial charge is 0.508 e. The average Bonchev–Trinajstić information content (AvgIpc) is 3.80. The Morgan fingerprint density at radius 3 is 2.03 bits per heavy atom. The number of likely N-dealkylation sites (tertiary alicyclic amines) is 1. The van der Waals surface area contributed by atoms with Crippen LogP contribution < -0.4 is 71.6 Å². The van der Waals surface area contributed by atoms with Crippen LogP contribution in [0.3, 0.4) is 0 Å². The van der Waals surface area contributed by atoms with Gasteiger partial charge in [0.1, 0.15) is 48.0 Å². The summed E-state index contributed by atoms with van der Waals surface area (Å²) in [7, 11) is 2.00. The third kappa shape index (κ3) is 19.8. The van der Waals surface area contributed by atoms with Gasteiger partial charge in [0.05, 0.1) is 19.0 Å². The molecule has 71 heavy (non-hydrogen) atoms. The number of hydrogen-bond donors (Lipinski definition) is 14. The van der Waals surface area contributed by atoms with E-state index in [1.807, 2.05) is 0 Å². The van der Waals surface area contributed by atoms with Gasteiger partial charge in [-0.3, -0.25) is 57.7 Å². The lowest BCUT2D eigenvalue weighted by molar-refractivity contribution is -0.142. The van der Waals surface area contributed by atoms with Crippen molar-refractivity contribution in [3.63, 3.8) is 0 Å². The fourth-order valence-electron chi connectivity index (χ4n) is 7.25. The maximum absolute atomic E-state index is 14.5. The first-order valence-corrected chi connectivity index (χ1v) is 25.0. The Balaban J connectivity index is 2.03. The Morgan fingerprint density at radius 2 is 1.41 bits per heavy atom. The molecule has 0 unspecified atom stereocenters. The zero-order chi connectivity index (χ0) is 52.9. The van der Waals surface area contributed by atoms with E-state index >= 15 is 0 Å². The molecule has 2 saturated heterocycles. The molecule has 3 rings (SSSR count). The number of carbonyl (C=O) groups is 11. The molecule has 0 saturated carbocycles. The maximum Gasteiger partial charge on any atom is 0.246 e. The molecule has 8 atom stereocenters. The third-order valence-electron chi connectivity index (χ3n) is 11.0. The minimum absolute atomic E-state index is 0.00506. The summed E-state index contributed by atoms with van der Waals surface area (Å²) < 4.78 is 0. The number of rotatable bonds is 18. The van der Waals surface area contributed by atoms with Gasteiger partial charge in [-0.1, -0.05) is 47.6 Å². The predicted octanol–water partition coefficient (Wildman–Crippen LogP) is -5.99. The van der Waals surface area contributed by atoms with Crippen LogP contribution in [0.25, 0.3) is 0 Å². The molecule has 2 aliphatic heterocycles. The lowest BCUT2D eigenvalue weighted by atomic mass is 9.99. The lowest BCUT2D eigenvalue weighted by Gasteiger charge is -2.31. The first kappa shape index (κ1) is 58.4. The molecule has 1 aromatic rings. The summed E-state index contributed by atoms with van der Waals surface area (Å²) in [6, 6.07) is -5.44. The highest BCUT2D eigenvalue weighted by Crippen LogP contribution is 2.26. The number of phenolic OH excluding ortho intramolecular Hbond substituents is 1. The van der Waals surface area contributed by atoms with E-state index in [2.05, 4.69) is 42.2 Å². The van der Waals surface area contributed by atoms with Gasteiger partial charge in [-0.15, -0.1) is 0 Å². The smallest absolute Gasteiger partial charge is 0.246 e. The van der Waals surface area contributed by atoms with Gasteiger partial charge in [0.25, 0.3) is 0 Å². The van der Waals surface area contributed by atoms with Crippen molar-refractivity contribution in [1.82, 2.24) is 42.1 Å². The molecule has 0 radical (unpaired) electrons. The predicted molar refractivity (Wildman–Crippen MR) is 260 cm³/mol.